The van der Waals surface area contributed by atoms with Crippen molar-refractivity contribution in [3.8, 4) is 0 Å². The summed E-state index contributed by atoms with van der Waals surface area (Å²) >= 11 is 0. The van der Waals surface area contributed by atoms with Crippen LogP contribution in [0, 0.1) is 12.8 Å². The van der Waals surface area contributed by atoms with Gasteiger partial charge in [-0.05, 0) is 36.6 Å². The van der Waals surface area contributed by atoms with Gasteiger partial charge in [-0.25, -0.2) is 4.79 Å². The van der Waals surface area contributed by atoms with Gasteiger partial charge < -0.3 is 20.1 Å². The molecule has 1 saturated heterocycles. The first-order valence-corrected chi connectivity index (χ1v) is 8.31. The molecule has 0 aromatic heterocycles. The molecule has 2 amide bonds. The molecule has 0 radical (unpaired) electrons. The minimum Gasteiger partial charge on any atom is -0.480 e. The highest BCUT2D eigenvalue weighted by Crippen LogP contribution is 2.20. The molecule has 0 bridgehead atoms. The van der Waals surface area contributed by atoms with Gasteiger partial charge >= 0.3 is 5.97 Å². The summed E-state index contributed by atoms with van der Waals surface area (Å²) < 4.78 is 5.16. The fraction of sp³-hybridized carbons (Fsp3) is 0.500. The zero-order valence-electron chi connectivity index (χ0n) is 14.7. The van der Waals surface area contributed by atoms with Crippen LogP contribution in [0.25, 0.3) is 0 Å². The maximum Gasteiger partial charge on any atom is 0.328 e. The van der Waals surface area contributed by atoms with Gasteiger partial charge in [0, 0.05) is 24.2 Å². The molecule has 0 spiro atoms. The third kappa shape index (κ3) is 4.79. The molecule has 1 aliphatic heterocycles. The molecule has 7 heteroatoms. The van der Waals surface area contributed by atoms with Gasteiger partial charge in [-0.15, -0.1) is 0 Å². The lowest BCUT2D eigenvalue weighted by Crippen LogP contribution is -2.52. The largest absolute Gasteiger partial charge is 0.480 e. The molecule has 2 N–H and O–H groups in total. The number of carboxylic acids is 1. The zero-order valence-corrected chi connectivity index (χ0v) is 14.7. The molecular weight excluding hydrogens is 324 g/mol. The average Bonchev–Trinajstić information content (AvgIpc) is 2.55. The maximum absolute atomic E-state index is 12.7. The topological polar surface area (TPSA) is 95.9 Å². The number of rotatable bonds is 5. The number of anilines is 1. The molecule has 1 atom stereocenters. The van der Waals surface area contributed by atoms with Gasteiger partial charge in [-0.1, -0.05) is 13.8 Å². The molecule has 1 aromatic rings. The first kappa shape index (κ1) is 18.9. The highest BCUT2D eigenvalue weighted by Gasteiger charge is 2.33. The predicted molar refractivity (Wildman–Crippen MR) is 92.5 cm³/mol. The fourth-order valence-corrected chi connectivity index (χ4v) is 2.73. The van der Waals surface area contributed by atoms with Crippen molar-refractivity contribution in [2.24, 2.45) is 5.92 Å². The number of hydrogen-bond donors (Lipinski definition) is 2. The van der Waals surface area contributed by atoms with Crippen LogP contribution in [0.1, 0.15) is 36.2 Å². The number of amides is 2. The van der Waals surface area contributed by atoms with Gasteiger partial charge in [0.05, 0.1) is 13.2 Å². The number of aliphatic carboxylic acids is 1. The summed E-state index contributed by atoms with van der Waals surface area (Å²) in [6.45, 7) is 6.28. The second-order valence-electron chi connectivity index (χ2n) is 6.60. The van der Waals surface area contributed by atoms with E-state index < -0.39 is 12.0 Å². The molecule has 1 unspecified atom stereocenters. The first-order valence-electron chi connectivity index (χ1n) is 8.31. The van der Waals surface area contributed by atoms with E-state index in [-0.39, 0.29) is 30.9 Å². The molecule has 0 aliphatic carbocycles. The van der Waals surface area contributed by atoms with Crippen LogP contribution >= 0.6 is 0 Å². The quantitative estimate of drug-likeness (QED) is 0.847. The highest BCUT2D eigenvalue weighted by molar-refractivity contribution is 5.98. The number of carbonyl (C=O) groups excluding carboxylic acids is 2. The van der Waals surface area contributed by atoms with E-state index in [1.165, 1.54) is 4.90 Å². The number of hydrogen-bond acceptors (Lipinski definition) is 4. The van der Waals surface area contributed by atoms with Crippen LogP contribution in [0.15, 0.2) is 18.2 Å². The summed E-state index contributed by atoms with van der Waals surface area (Å²) in [5.41, 5.74) is 1.80. The summed E-state index contributed by atoms with van der Waals surface area (Å²) in [6.07, 6.45) is 0.425. The van der Waals surface area contributed by atoms with Gasteiger partial charge in [-0.2, -0.15) is 0 Å². The van der Waals surface area contributed by atoms with Crippen molar-refractivity contribution in [2.75, 3.05) is 25.1 Å². The number of ether oxygens (including phenoxy) is 1. The Kier molecular flexibility index (Phi) is 6.14. The molecule has 1 aromatic carbocycles. The van der Waals surface area contributed by atoms with Crippen molar-refractivity contribution in [2.45, 2.75) is 33.2 Å². The van der Waals surface area contributed by atoms with Crippen molar-refractivity contribution in [3.63, 3.8) is 0 Å². The standard InChI is InChI=1S/C18H24N2O5/c1-11(2)8-16(21)19-14-5-4-13(9-12(14)3)17(22)20-6-7-25-10-15(20)18(23)24/h4-5,9,11,15H,6-8,10H2,1-3H3,(H,19,21)(H,23,24). The van der Waals surface area contributed by atoms with Gasteiger partial charge in [0.15, 0.2) is 6.04 Å². The second-order valence-corrected chi connectivity index (χ2v) is 6.60. The lowest BCUT2D eigenvalue weighted by atomic mass is 10.1. The average molecular weight is 348 g/mol. The molecule has 7 nitrogen and oxygen atoms in total. The summed E-state index contributed by atoms with van der Waals surface area (Å²) in [7, 11) is 0. The van der Waals surface area contributed by atoms with Crippen LogP contribution in [0.2, 0.25) is 0 Å². The summed E-state index contributed by atoms with van der Waals surface area (Å²) in [5, 5.41) is 12.1. The number of nitrogens with one attached hydrogen (secondary N) is 1. The summed E-state index contributed by atoms with van der Waals surface area (Å²) in [6, 6.07) is 3.97. The third-order valence-electron chi connectivity index (χ3n) is 4.02. The molecule has 136 valence electrons. The van der Waals surface area contributed by atoms with Gasteiger partial charge in [0.25, 0.3) is 5.91 Å². The first-order chi connectivity index (χ1) is 11.8. The number of aryl methyl sites for hydroxylation is 1. The van der Waals surface area contributed by atoms with Crippen molar-refractivity contribution >= 4 is 23.5 Å². The van der Waals surface area contributed by atoms with E-state index in [2.05, 4.69) is 5.32 Å². The highest BCUT2D eigenvalue weighted by atomic mass is 16.5. The predicted octanol–water partition coefficient (Wildman–Crippen LogP) is 1.91. The van der Waals surface area contributed by atoms with Crippen molar-refractivity contribution < 1.29 is 24.2 Å². The van der Waals surface area contributed by atoms with E-state index in [1.807, 2.05) is 13.8 Å². The number of carboxylic acid groups (broad SMARTS) is 1. The van der Waals surface area contributed by atoms with Gasteiger partial charge in [0.1, 0.15) is 0 Å². The molecule has 1 heterocycles. The van der Waals surface area contributed by atoms with E-state index in [0.717, 1.165) is 5.56 Å². The monoisotopic (exact) mass is 348 g/mol. The lowest BCUT2D eigenvalue weighted by molar-refractivity contribution is -0.147. The Hall–Kier alpha value is -2.41. The van der Waals surface area contributed by atoms with E-state index in [1.54, 1.807) is 25.1 Å². The Balaban J connectivity index is 2.14. The van der Waals surface area contributed by atoms with Crippen LogP contribution in [0.4, 0.5) is 5.69 Å². The normalized spacial score (nSPS) is 17.4. The zero-order chi connectivity index (χ0) is 18.6. The van der Waals surface area contributed by atoms with Crippen LogP contribution in [-0.2, 0) is 14.3 Å². The molecule has 2 rings (SSSR count). The van der Waals surface area contributed by atoms with Crippen LogP contribution in [0.3, 0.4) is 0 Å². The summed E-state index contributed by atoms with van der Waals surface area (Å²) in [4.78, 5) is 37.2. The molecule has 25 heavy (non-hydrogen) atoms. The van der Waals surface area contributed by atoms with Crippen molar-refractivity contribution in [1.29, 1.82) is 0 Å². The number of carbonyl (C=O) groups is 3. The number of benzene rings is 1. The van der Waals surface area contributed by atoms with E-state index in [4.69, 9.17) is 4.74 Å². The van der Waals surface area contributed by atoms with Gasteiger partial charge in [0.2, 0.25) is 5.91 Å². The summed E-state index contributed by atoms with van der Waals surface area (Å²) in [5.74, 6) is -1.24. The minimum absolute atomic E-state index is 0.0105. The Labute approximate surface area is 147 Å². The van der Waals surface area contributed by atoms with Crippen LogP contribution in [-0.4, -0.2) is 53.6 Å². The Morgan fingerprint density at radius 3 is 2.68 bits per heavy atom. The van der Waals surface area contributed by atoms with Crippen LogP contribution in [0.5, 0.6) is 0 Å². The second kappa shape index (κ2) is 8.11. The van der Waals surface area contributed by atoms with E-state index >= 15 is 0 Å². The molecule has 0 saturated carbocycles. The molecular formula is C18H24N2O5. The van der Waals surface area contributed by atoms with Crippen LogP contribution < -0.4 is 5.32 Å². The number of morpholine rings is 1. The minimum atomic E-state index is -1.08. The number of nitrogens with zero attached hydrogens (tertiary/aromatic N) is 1. The molecule has 1 fully saturated rings. The van der Waals surface area contributed by atoms with E-state index in [0.29, 0.717) is 24.3 Å². The smallest absolute Gasteiger partial charge is 0.328 e. The maximum atomic E-state index is 12.7. The Morgan fingerprint density at radius 2 is 2.08 bits per heavy atom. The molecule has 1 aliphatic rings. The van der Waals surface area contributed by atoms with Crippen molar-refractivity contribution in [1.82, 2.24) is 4.90 Å². The Bertz CT molecular complexity index is 671. The Morgan fingerprint density at radius 1 is 1.36 bits per heavy atom. The fourth-order valence-electron chi connectivity index (χ4n) is 2.73. The van der Waals surface area contributed by atoms with Gasteiger partial charge in [-0.3, -0.25) is 9.59 Å². The third-order valence-corrected chi connectivity index (χ3v) is 4.02. The lowest BCUT2D eigenvalue weighted by Gasteiger charge is -2.33. The SMILES string of the molecule is Cc1cc(C(=O)N2CCOCC2C(=O)O)ccc1NC(=O)CC(C)C. The van der Waals surface area contributed by atoms with E-state index in [9.17, 15) is 19.5 Å². The van der Waals surface area contributed by atoms with Crippen molar-refractivity contribution in [3.05, 3.63) is 29.3 Å².